The van der Waals surface area contributed by atoms with Crippen LogP contribution < -0.4 is 15.4 Å². The minimum Gasteiger partial charge on any atom is -0.472 e. The lowest BCUT2D eigenvalue weighted by molar-refractivity contribution is 0.0681. The molecule has 0 unspecified atom stereocenters. The molecule has 0 saturated heterocycles. The summed E-state index contributed by atoms with van der Waals surface area (Å²) in [6, 6.07) is 9.77. The molecular weight excluding hydrogens is 416 g/mol. The molecule has 1 saturated carbocycles. The zero-order valence-corrected chi connectivity index (χ0v) is 18.4. The number of fused-ring (bicyclic) bond motifs is 1. The van der Waals surface area contributed by atoms with Crippen LogP contribution in [-0.2, 0) is 18.3 Å². The monoisotopic (exact) mass is 445 g/mol. The summed E-state index contributed by atoms with van der Waals surface area (Å²) in [5, 5.41) is 12.4. The summed E-state index contributed by atoms with van der Waals surface area (Å²) in [6.07, 6.45) is 3.62. The molecular formula is C23H29F2N5O2. The van der Waals surface area contributed by atoms with Crippen LogP contribution in [-0.4, -0.2) is 47.1 Å². The number of halogens is 2. The fourth-order valence-electron chi connectivity index (χ4n) is 4.06. The molecule has 2 heterocycles. The Morgan fingerprint density at radius 1 is 1.16 bits per heavy atom. The van der Waals surface area contributed by atoms with Crippen molar-refractivity contribution in [1.29, 1.82) is 0 Å². The second-order valence-electron chi connectivity index (χ2n) is 8.14. The lowest BCUT2D eigenvalue weighted by Gasteiger charge is -2.29. The van der Waals surface area contributed by atoms with Crippen LogP contribution in [0.5, 0.6) is 5.88 Å². The predicted molar refractivity (Wildman–Crippen MR) is 120 cm³/mol. The predicted octanol–water partition coefficient (Wildman–Crippen LogP) is 4.59. The zero-order chi connectivity index (χ0) is 22.5. The number of aryl methyl sites for hydroxylation is 1. The number of nitrogens with zero attached hydrogens (tertiary/aromatic N) is 3. The summed E-state index contributed by atoms with van der Waals surface area (Å²) < 4.78 is 37.5. The lowest BCUT2D eigenvalue weighted by atomic mass is 9.93. The summed E-state index contributed by atoms with van der Waals surface area (Å²) in [5.74, 6) is 0.853. The number of ether oxygens (including phenoxy) is 2. The van der Waals surface area contributed by atoms with Gasteiger partial charge < -0.3 is 20.1 Å². The molecule has 32 heavy (non-hydrogen) atoms. The molecule has 2 aromatic heterocycles. The van der Waals surface area contributed by atoms with Gasteiger partial charge in [-0.1, -0.05) is 0 Å². The van der Waals surface area contributed by atoms with Crippen molar-refractivity contribution in [1.82, 2.24) is 14.8 Å². The number of aromatic nitrogens is 3. The standard InChI is InChI=1S/C23H29F2N5O2/c1-30-13-16-11-18(6-9-20(16)29-30)26-12-15-3-10-22(32-14-21(24)25)28-23(15)27-17-4-7-19(31-2)8-5-17/h3,6,9-11,13,17,19,21,26H,4-5,7-8,12,14H2,1-2H3,(H,27,28)/t17-,19-. The van der Waals surface area contributed by atoms with Gasteiger partial charge in [-0.3, -0.25) is 4.68 Å². The summed E-state index contributed by atoms with van der Waals surface area (Å²) >= 11 is 0. The minimum atomic E-state index is -2.54. The van der Waals surface area contributed by atoms with Crippen LogP contribution in [0.4, 0.5) is 20.3 Å². The van der Waals surface area contributed by atoms with Gasteiger partial charge in [0, 0.05) is 55.6 Å². The van der Waals surface area contributed by atoms with Crippen LogP contribution in [0.1, 0.15) is 31.2 Å². The number of rotatable bonds is 9. The number of nitrogens with one attached hydrogen (secondary N) is 2. The normalized spacial score (nSPS) is 18.8. The van der Waals surface area contributed by atoms with Crippen LogP contribution in [0, 0.1) is 0 Å². The highest BCUT2D eigenvalue weighted by atomic mass is 19.3. The first kappa shape index (κ1) is 22.3. The molecule has 9 heteroatoms. The molecule has 7 nitrogen and oxygen atoms in total. The smallest absolute Gasteiger partial charge is 0.272 e. The van der Waals surface area contributed by atoms with Gasteiger partial charge in [-0.2, -0.15) is 10.1 Å². The Balaban J connectivity index is 1.48. The molecule has 0 radical (unpaired) electrons. The van der Waals surface area contributed by atoms with E-state index in [2.05, 4.69) is 26.8 Å². The first-order chi connectivity index (χ1) is 15.5. The SMILES string of the molecule is CO[C@H]1CC[C@H](Nc2nc(OCC(F)F)ccc2CNc2ccc3nn(C)cc3c2)CC1. The Hall–Kier alpha value is -2.94. The van der Waals surface area contributed by atoms with Gasteiger partial charge >= 0.3 is 0 Å². The second kappa shape index (κ2) is 10.1. The molecule has 0 spiro atoms. The maximum Gasteiger partial charge on any atom is 0.272 e. The third kappa shape index (κ3) is 5.64. The van der Waals surface area contributed by atoms with Gasteiger partial charge in [-0.25, -0.2) is 8.78 Å². The van der Waals surface area contributed by atoms with Crippen molar-refractivity contribution in [3.05, 3.63) is 42.1 Å². The number of methoxy groups -OCH3 is 1. The highest BCUT2D eigenvalue weighted by Crippen LogP contribution is 2.27. The fraction of sp³-hybridized carbons (Fsp3) is 0.478. The Kier molecular flexibility index (Phi) is 7.04. The van der Waals surface area contributed by atoms with Crippen molar-refractivity contribution >= 4 is 22.4 Å². The van der Waals surface area contributed by atoms with Gasteiger partial charge in [0.25, 0.3) is 6.43 Å². The molecule has 1 fully saturated rings. The second-order valence-corrected chi connectivity index (χ2v) is 8.14. The molecule has 3 aromatic rings. The van der Waals surface area contributed by atoms with Crippen LogP contribution in [0.25, 0.3) is 10.9 Å². The Bertz CT molecular complexity index is 1030. The van der Waals surface area contributed by atoms with Crippen molar-refractivity contribution < 1.29 is 18.3 Å². The molecule has 172 valence electrons. The first-order valence-electron chi connectivity index (χ1n) is 10.9. The van der Waals surface area contributed by atoms with Crippen molar-refractivity contribution in [2.45, 2.75) is 50.8 Å². The molecule has 0 atom stereocenters. The number of alkyl halides is 2. The van der Waals surface area contributed by atoms with E-state index in [0.29, 0.717) is 18.5 Å². The maximum absolute atomic E-state index is 12.6. The third-order valence-electron chi connectivity index (χ3n) is 5.76. The Morgan fingerprint density at radius 3 is 2.72 bits per heavy atom. The summed E-state index contributed by atoms with van der Waals surface area (Å²) in [6.45, 7) is -0.141. The van der Waals surface area contributed by atoms with Crippen LogP contribution in [0.2, 0.25) is 0 Å². The number of pyridine rings is 1. The van der Waals surface area contributed by atoms with E-state index >= 15 is 0 Å². The van der Waals surface area contributed by atoms with Crippen LogP contribution >= 0.6 is 0 Å². The topological polar surface area (TPSA) is 73.2 Å². The molecule has 0 amide bonds. The lowest BCUT2D eigenvalue weighted by Crippen LogP contribution is -2.30. The molecule has 1 aromatic carbocycles. The number of hydrogen-bond acceptors (Lipinski definition) is 6. The molecule has 2 N–H and O–H groups in total. The zero-order valence-electron chi connectivity index (χ0n) is 18.4. The number of anilines is 2. The van der Waals surface area contributed by atoms with Gasteiger partial charge in [-0.05, 0) is 49.9 Å². The van der Waals surface area contributed by atoms with E-state index in [4.69, 9.17) is 9.47 Å². The van der Waals surface area contributed by atoms with Gasteiger partial charge in [-0.15, -0.1) is 0 Å². The van der Waals surface area contributed by atoms with Gasteiger partial charge in [0.2, 0.25) is 5.88 Å². The fourth-order valence-corrected chi connectivity index (χ4v) is 4.06. The molecule has 1 aliphatic carbocycles. The highest BCUT2D eigenvalue weighted by Gasteiger charge is 2.22. The van der Waals surface area contributed by atoms with Crippen molar-refractivity contribution in [2.75, 3.05) is 24.4 Å². The quantitative estimate of drug-likeness (QED) is 0.502. The molecule has 1 aliphatic rings. The van der Waals surface area contributed by atoms with E-state index in [1.165, 1.54) is 0 Å². The average Bonchev–Trinajstić information content (AvgIpc) is 3.16. The largest absolute Gasteiger partial charge is 0.472 e. The summed E-state index contributed by atoms with van der Waals surface area (Å²) in [4.78, 5) is 4.49. The van der Waals surface area contributed by atoms with Gasteiger partial charge in [0.15, 0.2) is 6.61 Å². The first-order valence-corrected chi connectivity index (χ1v) is 10.9. The Labute approximate surface area is 186 Å². The van der Waals surface area contributed by atoms with E-state index in [-0.39, 0.29) is 11.9 Å². The number of benzene rings is 1. The number of hydrogen-bond donors (Lipinski definition) is 2. The average molecular weight is 446 g/mol. The van der Waals surface area contributed by atoms with E-state index < -0.39 is 13.0 Å². The van der Waals surface area contributed by atoms with Crippen LogP contribution in [0.15, 0.2) is 36.5 Å². The van der Waals surface area contributed by atoms with E-state index in [0.717, 1.165) is 47.8 Å². The van der Waals surface area contributed by atoms with E-state index in [1.807, 2.05) is 31.4 Å². The maximum atomic E-state index is 12.6. The van der Waals surface area contributed by atoms with Crippen molar-refractivity contribution in [2.24, 2.45) is 7.05 Å². The highest BCUT2D eigenvalue weighted by molar-refractivity contribution is 5.82. The van der Waals surface area contributed by atoms with Gasteiger partial charge in [0.1, 0.15) is 5.82 Å². The van der Waals surface area contributed by atoms with E-state index in [9.17, 15) is 8.78 Å². The Morgan fingerprint density at radius 2 is 1.97 bits per heavy atom. The molecule has 0 aliphatic heterocycles. The summed E-state index contributed by atoms with van der Waals surface area (Å²) in [5.41, 5.74) is 2.85. The molecule has 4 rings (SSSR count). The summed E-state index contributed by atoms with van der Waals surface area (Å²) in [7, 11) is 3.64. The third-order valence-corrected chi connectivity index (χ3v) is 5.76. The van der Waals surface area contributed by atoms with Gasteiger partial charge in [0.05, 0.1) is 11.6 Å². The van der Waals surface area contributed by atoms with E-state index in [1.54, 1.807) is 17.9 Å². The van der Waals surface area contributed by atoms with Crippen molar-refractivity contribution in [3.8, 4) is 5.88 Å². The van der Waals surface area contributed by atoms with Crippen LogP contribution in [0.3, 0.4) is 0 Å². The minimum absolute atomic E-state index is 0.193. The van der Waals surface area contributed by atoms with Crippen molar-refractivity contribution in [3.63, 3.8) is 0 Å². The molecule has 0 bridgehead atoms.